The summed E-state index contributed by atoms with van der Waals surface area (Å²) in [5.41, 5.74) is 0.212. The maximum atomic E-state index is 10.8. The van der Waals surface area contributed by atoms with Gasteiger partial charge in [-0.1, -0.05) is 12.8 Å². The Morgan fingerprint density at radius 1 is 1.32 bits per heavy atom. The summed E-state index contributed by atoms with van der Waals surface area (Å²) in [5, 5.41) is 8.88. The van der Waals surface area contributed by atoms with Crippen LogP contribution in [0.2, 0.25) is 0 Å². The van der Waals surface area contributed by atoms with Gasteiger partial charge in [-0.2, -0.15) is 0 Å². The molecular weight excluding hydrogens is 240 g/mol. The maximum absolute atomic E-state index is 10.8. The molecule has 19 heavy (non-hydrogen) atoms. The highest BCUT2D eigenvalue weighted by Crippen LogP contribution is 2.33. The van der Waals surface area contributed by atoms with Crippen molar-refractivity contribution in [1.29, 1.82) is 0 Å². The lowest BCUT2D eigenvalue weighted by Gasteiger charge is -2.52. The number of carbonyl (C=O) groups is 1. The molecule has 1 atom stereocenters. The van der Waals surface area contributed by atoms with Crippen LogP contribution in [0.3, 0.4) is 0 Å². The molecule has 0 aromatic heterocycles. The van der Waals surface area contributed by atoms with E-state index in [2.05, 4.69) is 30.7 Å². The Kier molecular flexibility index (Phi) is 4.51. The fraction of sp³-hybridized carbons (Fsp3) is 0.933. The summed E-state index contributed by atoms with van der Waals surface area (Å²) in [6.45, 7) is 6.72. The highest BCUT2D eigenvalue weighted by atomic mass is 16.4. The van der Waals surface area contributed by atoms with Crippen LogP contribution in [0.15, 0.2) is 0 Å². The summed E-state index contributed by atoms with van der Waals surface area (Å²) < 4.78 is 0. The third-order valence-electron chi connectivity index (χ3n) is 4.90. The zero-order chi connectivity index (χ0) is 14.0. The molecule has 4 heteroatoms. The lowest BCUT2D eigenvalue weighted by Crippen LogP contribution is -2.64. The van der Waals surface area contributed by atoms with E-state index in [1.165, 1.54) is 25.7 Å². The van der Waals surface area contributed by atoms with Crippen LogP contribution in [-0.4, -0.2) is 58.6 Å². The van der Waals surface area contributed by atoms with Crippen LogP contribution < -0.4 is 0 Å². The normalized spacial score (nSPS) is 29.7. The third kappa shape index (κ3) is 3.48. The molecule has 1 unspecified atom stereocenters. The first-order valence-corrected chi connectivity index (χ1v) is 7.59. The molecule has 2 aliphatic rings. The van der Waals surface area contributed by atoms with Gasteiger partial charge < -0.3 is 10.0 Å². The van der Waals surface area contributed by atoms with Crippen molar-refractivity contribution in [3.8, 4) is 0 Å². The lowest BCUT2D eigenvalue weighted by atomic mass is 9.91. The second-order valence-electron chi connectivity index (χ2n) is 6.90. The predicted octanol–water partition coefficient (Wildman–Crippen LogP) is 2.19. The second-order valence-corrected chi connectivity index (χ2v) is 6.90. The standard InChI is InChI=1S/C15H28N2O2/c1-15(2)11-16(3)13(8-9-14(18)19)10-17(15)12-6-4-5-7-12/h12-13H,4-11H2,1-3H3,(H,18,19). The minimum atomic E-state index is -0.675. The van der Waals surface area contributed by atoms with Gasteiger partial charge in [0, 0.05) is 37.1 Å². The highest BCUT2D eigenvalue weighted by molar-refractivity contribution is 5.66. The van der Waals surface area contributed by atoms with Crippen LogP contribution in [0.4, 0.5) is 0 Å². The Bertz CT molecular complexity index is 324. The summed E-state index contributed by atoms with van der Waals surface area (Å²) in [4.78, 5) is 15.8. The Balaban J connectivity index is 2.01. The van der Waals surface area contributed by atoms with Crippen molar-refractivity contribution in [2.24, 2.45) is 0 Å². The number of hydrogen-bond acceptors (Lipinski definition) is 3. The zero-order valence-corrected chi connectivity index (χ0v) is 12.6. The van der Waals surface area contributed by atoms with E-state index in [9.17, 15) is 4.79 Å². The monoisotopic (exact) mass is 268 g/mol. The largest absolute Gasteiger partial charge is 0.481 e. The molecule has 1 aliphatic heterocycles. The Morgan fingerprint density at radius 2 is 1.95 bits per heavy atom. The minimum Gasteiger partial charge on any atom is -0.481 e. The number of hydrogen-bond donors (Lipinski definition) is 1. The van der Waals surface area contributed by atoms with Gasteiger partial charge in [0.15, 0.2) is 0 Å². The van der Waals surface area contributed by atoms with E-state index in [0.717, 1.165) is 25.6 Å². The number of piperazine rings is 1. The number of nitrogens with zero attached hydrogens (tertiary/aromatic N) is 2. The summed E-state index contributed by atoms with van der Waals surface area (Å²) in [7, 11) is 2.14. The first kappa shape index (κ1) is 14.8. The Labute approximate surface area is 116 Å². The first-order valence-electron chi connectivity index (χ1n) is 7.59. The highest BCUT2D eigenvalue weighted by Gasteiger charge is 2.41. The molecule has 0 radical (unpaired) electrons. The van der Waals surface area contributed by atoms with Crippen LogP contribution in [-0.2, 0) is 4.79 Å². The predicted molar refractivity (Wildman–Crippen MR) is 76.3 cm³/mol. The van der Waals surface area contributed by atoms with E-state index < -0.39 is 5.97 Å². The second kappa shape index (κ2) is 5.80. The van der Waals surface area contributed by atoms with Crippen molar-refractivity contribution in [3.63, 3.8) is 0 Å². The average molecular weight is 268 g/mol. The van der Waals surface area contributed by atoms with Crippen LogP contribution in [0.25, 0.3) is 0 Å². The molecule has 1 N–H and O–H groups in total. The number of carboxylic acids is 1. The molecule has 0 aromatic carbocycles. The van der Waals surface area contributed by atoms with Gasteiger partial charge in [0.1, 0.15) is 0 Å². The lowest BCUT2D eigenvalue weighted by molar-refractivity contribution is -0.137. The molecule has 0 spiro atoms. The quantitative estimate of drug-likeness (QED) is 0.849. The van der Waals surface area contributed by atoms with E-state index in [0.29, 0.717) is 6.04 Å². The van der Waals surface area contributed by atoms with Gasteiger partial charge in [-0.25, -0.2) is 0 Å². The summed E-state index contributed by atoms with van der Waals surface area (Å²) in [6.07, 6.45) is 6.40. The fourth-order valence-electron chi connectivity index (χ4n) is 3.90. The van der Waals surface area contributed by atoms with Crippen molar-refractivity contribution in [3.05, 3.63) is 0 Å². The molecule has 1 aliphatic carbocycles. The number of rotatable bonds is 4. The van der Waals surface area contributed by atoms with Gasteiger partial charge in [-0.3, -0.25) is 9.69 Å². The van der Waals surface area contributed by atoms with E-state index in [-0.39, 0.29) is 12.0 Å². The molecule has 1 saturated heterocycles. The van der Waals surface area contributed by atoms with Gasteiger partial charge in [0.25, 0.3) is 0 Å². The molecule has 110 valence electrons. The average Bonchev–Trinajstić information content (AvgIpc) is 2.79. The van der Waals surface area contributed by atoms with Crippen molar-refractivity contribution in [1.82, 2.24) is 9.80 Å². The van der Waals surface area contributed by atoms with Gasteiger partial charge in [0.05, 0.1) is 0 Å². The molecular formula is C15H28N2O2. The van der Waals surface area contributed by atoms with E-state index in [1.807, 2.05) is 0 Å². The van der Waals surface area contributed by atoms with Gasteiger partial charge >= 0.3 is 5.97 Å². The molecule has 2 fully saturated rings. The number of aliphatic carboxylic acids is 1. The van der Waals surface area contributed by atoms with Crippen molar-refractivity contribution in [2.75, 3.05) is 20.1 Å². The first-order chi connectivity index (χ1) is 8.90. The van der Waals surface area contributed by atoms with Crippen LogP contribution in [0.1, 0.15) is 52.4 Å². The molecule has 4 nitrogen and oxygen atoms in total. The van der Waals surface area contributed by atoms with E-state index >= 15 is 0 Å². The molecule has 2 rings (SSSR count). The third-order valence-corrected chi connectivity index (χ3v) is 4.90. The van der Waals surface area contributed by atoms with Crippen molar-refractivity contribution >= 4 is 5.97 Å². The molecule has 0 aromatic rings. The van der Waals surface area contributed by atoms with Crippen LogP contribution >= 0.6 is 0 Å². The van der Waals surface area contributed by atoms with Crippen LogP contribution in [0, 0.1) is 0 Å². The van der Waals surface area contributed by atoms with Crippen LogP contribution in [0.5, 0.6) is 0 Å². The molecule has 1 heterocycles. The molecule has 1 saturated carbocycles. The topological polar surface area (TPSA) is 43.8 Å². The maximum Gasteiger partial charge on any atom is 0.303 e. The summed E-state index contributed by atoms with van der Waals surface area (Å²) >= 11 is 0. The van der Waals surface area contributed by atoms with Gasteiger partial charge in [-0.15, -0.1) is 0 Å². The van der Waals surface area contributed by atoms with E-state index in [4.69, 9.17) is 5.11 Å². The van der Waals surface area contributed by atoms with E-state index in [1.54, 1.807) is 0 Å². The Morgan fingerprint density at radius 3 is 2.53 bits per heavy atom. The smallest absolute Gasteiger partial charge is 0.303 e. The van der Waals surface area contributed by atoms with Crippen molar-refractivity contribution in [2.45, 2.75) is 70.0 Å². The minimum absolute atomic E-state index is 0.212. The fourth-order valence-corrected chi connectivity index (χ4v) is 3.90. The molecule has 0 amide bonds. The molecule has 0 bridgehead atoms. The van der Waals surface area contributed by atoms with Crippen molar-refractivity contribution < 1.29 is 9.90 Å². The summed E-state index contributed by atoms with van der Waals surface area (Å²) in [5.74, 6) is -0.675. The summed E-state index contributed by atoms with van der Waals surface area (Å²) in [6, 6.07) is 1.11. The zero-order valence-electron chi connectivity index (χ0n) is 12.6. The van der Waals surface area contributed by atoms with Gasteiger partial charge in [-0.05, 0) is 40.2 Å². The van der Waals surface area contributed by atoms with Gasteiger partial charge in [0.2, 0.25) is 0 Å². The number of carboxylic acid groups (broad SMARTS) is 1. The number of likely N-dealkylation sites (N-methyl/N-ethyl adjacent to an activating group) is 1. The Hall–Kier alpha value is -0.610. The SMILES string of the molecule is CN1CC(C)(C)N(C2CCCC2)CC1CCC(=O)O.